The van der Waals surface area contributed by atoms with E-state index in [1.807, 2.05) is 0 Å². The van der Waals surface area contributed by atoms with Crippen molar-refractivity contribution in [2.75, 3.05) is 0 Å². The van der Waals surface area contributed by atoms with E-state index in [4.69, 9.17) is 5.73 Å². The molecule has 1 nitrogen and oxygen atoms in total. The first-order chi connectivity index (χ1) is 9.00. The van der Waals surface area contributed by atoms with Crippen LogP contribution in [0.3, 0.4) is 0 Å². The Labute approximate surface area is 111 Å². The molecule has 1 aromatic rings. The van der Waals surface area contributed by atoms with Crippen molar-refractivity contribution >= 4 is 0 Å². The summed E-state index contributed by atoms with van der Waals surface area (Å²) in [6.07, 6.45) is -9.20. The first-order valence-electron chi connectivity index (χ1n) is 6.05. The number of halogens is 6. The second kappa shape index (κ2) is 4.65. The molecule has 1 fully saturated rings. The van der Waals surface area contributed by atoms with E-state index in [0.717, 1.165) is 12.1 Å². The fourth-order valence-electron chi connectivity index (χ4n) is 2.46. The minimum atomic E-state index is -4.80. The molecule has 2 N–H and O–H groups in total. The molecule has 3 unspecified atom stereocenters. The van der Waals surface area contributed by atoms with Gasteiger partial charge < -0.3 is 5.73 Å². The van der Waals surface area contributed by atoms with Crippen molar-refractivity contribution in [2.24, 2.45) is 11.7 Å². The molecule has 2 rings (SSSR count). The fraction of sp³-hybridized carbons (Fsp3) is 0.538. The van der Waals surface area contributed by atoms with Crippen molar-refractivity contribution in [3.8, 4) is 0 Å². The number of rotatable bonds is 1. The number of hydrogen-bond acceptors (Lipinski definition) is 1. The molecule has 1 aliphatic carbocycles. The van der Waals surface area contributed by atoms with Gasteiger partial charge in [0.25, 0.3) is 0 Å². The summed E-state index contributed by atoms with van der Waals surface area (Å²) < 4.78 is 76.2. The van der Waals surface area contributed by atoms with Crippen LogP contribution in [0.2, 0.25) is 0 Å². The number of alkyl halides is 6. The van der Waals surface area contributed by atoms with Crippen LogP contribution in [0.5, 0.6) is 0 Å². The highest BCUT2D eigenvalue weighted by Crippen LogP contribution is 2.45. The van der Waals surface area contributed by atoms with Gasteiger partial charge in [-0.1, -0.05) is 6.92 Å². The highest BCUT2D eigenvalue weighted by atomic mass is 19.4. The van der Waals surface area contributed by atoms with Crippen LogP contribution in [-0.2, 0) is 12.4 Å². The zero-order valence-electron chi connectivity index (χ0n) is 10.5. The topological polar surface area (TPSA) is 26.0 Å². The van der Waals surface area contributed by atoms with Crippen LogP contribution in [0, 0.1) is 5.92 Å². The van der Waals surface area contributed by atoms with Gasteiger partial charge in [-0.25, -0.2) is 0 Å². The summed E-state index contributed by atoms with van der Waals surface area (Å²) in [6.45, 7) is 1.73. The van der Waals surface area contributed by atoms with Gasteiger partial charge in [0, 0.05) is 6.04 Å². The van der Waals surface area contributed by atoms with E-state index >= 15 is 0 Å². The van der Waals surface area contributed by atoms with Crippen molar-refractivity contribution in [1.29, 1.82) is 0 Å². The Bertz CT molecular complexity index is 472. The van der Waals surface area contributed by atoms with Crippen LogP contribution < -0.4 is 5.73 Å². The number of benzene rings is 1. The molecule has 112 valence electrons. The van der Waals surface area contributed by atoms with Gasteiger partial charge in [0.2, 0.25) is 0 Å². The highest BCUT2D eigenvalue weighted by molar-refractivity contribution is 5.37. The second-order valence-corrected chi connectivity index (χ2v) is 5.20. The average Bonchev–Trinajstić information content (AvgIpc) is 2.32. The third-order valence-electron chi connectivity index (χ3n) is 3.87. The van der Waals surface area contributed by atoms with Crippen LogP contribution >= 0.6 is 0 Å². The summed E-state index contributed by atoms with van der Waals surface area (Å²) in [5.74, 6) is -0.479. The maximum Gasteiger partial charge on any atom is 0.416 e. The molecular formula is C13H13F6N. The van der Waals surface area contributed by atoms with E-state index in [0.29, 0.717) is 6.42 Å². The molecule has 0 radical (unpaired) electrons. The Morgan fingerprint density at radius 3 is 1.70 bits per heavy atom. The molecule has 0 spiro atoms. The molecule has 1 aromatic carbocycles. The first-order valence-corrected chi connectivity index (χ1v) is 6.05. The molecule has 20 heavy (non-hydrogen) atoms. The molecule has 1 aliphatic rings. The van der Waals surface area contributed by atoms with Crippen LogP contribution in [0.1, 0.15) is 36.0 Å². The molecule has 7 heteroatoms. The number of nitrogens with two attached hydrogens (primary N) is 1. The molecule has 0 aromatic heterocycles. The monoisotopic (exact) mass is 297 g/mol. The molecular weight excluding hydrogens is 284 g/mol. The zero-order chi connectivity index (χ0) is 15.3. The summed E-state index contributed by atoms with van der Waals surface area (Å²) >= 11 is 0. The third kappa shape index (κ3) is 2.77. The maximum atomic E-state index is 12.7. The van der Waals surface area contributed by atoms with Gasteiger partial charge in [-0.2, -0.15) is 26.3 Å². The maximum absolute atomic E-state index is 12.7. The van der Waals surface area contributed by atoms with E-state index in [2.05, 4.69) is 0 Å². The molecule has 0 heterocycles. The lowest BCUT2D eigenvalue weighted by Crippen LogP contribution is -2.44. The fourth-order valence-corrected chi connectivity index (χ4v) is 2.46. The third-order valence-corrected chi connectivity index (χ3v) is 3.87. The van der Waals surface area contributed by atoms with Crippen LogP contribution in [0.15, 0.2) is 18.2 Å². The van der Waals surface area contributed by atoms with Gasteiger partial charge >= 0.3 is 12.4 Å². The second-order valence-electron chi connectivity index (χ2n) is 5.20. The Balaban J connectivity index is 2.47. The Morgan fingerprint density at radius 1 is 0.950 bits per heavy atom. The van der Waals surface area contributed by atoms with Gasteiger partial charge in [-0.3, -0.25) is 0 Å². The molecule has 0 saturated heterocycles. The molecule has 0 amide bonds. The summed E-state index contributed by atoms with van der Waals surface area (Å²) in [6, 6.07) is 1.56. The molecule has 0 aliphatic heterocycles. The van der Waals surface area contributed by atoms with Gasteiger partial charge in [0.15, 0.2) is 0 Å². The van der Waals surface area contributed by atoms with Crippen molar-refractivity contribution in [3.05, 3.63) is 34.9 Å². The smallest absolute Gasteiger partial charge is 0.327 e. The Morgan fingerprint density at radius 2 is 1.40 bits per heavy atom. The lowest BCUT2D eigenvalue weighted by Gasteiger charge is -2.41. The highest BCUT2D eigenvalue weighted by Gasteiger charge is 2.41. The molecule has 3 atom stereocenters. The molecule has 0 bridgehead atoms. The van der Waals surface area contributed by atoms with Crippen molar-refractivity contribution in [2.45, 2.75) is 37.7 Å². The standard InChI is InChI=1S/C13H13F6N/c1-6-10(5-11(6)20)7-2-8(12(14,15)16)4-9(3-7)13(17,18)19/h2-4,6,10-11H,5,20H2,1H3. The summed E-state index contributed by atoms with van der Waals surface area (Å²) in [7, 11) is 0. The van der Waals surface area contributed by atoms with Gasteiger partial charge in [0.05, 0.1) is 11.1 Å². The lowest BCUT2D eigenvalue weighted by atomic mass is 9.67. The van der Waals surface area contributed by atoms with E-state index < -0.39 is 23.5 Å². The Hall–Kier alpha value is -1.24. The normalized spacial score (nSPS) is 27.3. The zero-order valence-corrected chi connectivity index (χ0v) is 10.5. The van der Waals surface area contributed by atoms with Crippen molar-refractivity contribution in [3.63, 3.8) is 0 Å². The van der Waals surface area contributed by atoms with Crippen molar-refractivity contribution in [1.82, 2.24) is 0 Å². The minimum absolute atomic E-state index is 0.0568. The predicted octanol–water partition coefficient (Wildman–Crippen LogP) is 4.17. The minimum Gasteiger partial charge on any atom is -0.327 e. The van der Waals surface area contributed by atoms with Crippen LogP contribution in [-0.4, -0.2) is 6.04 Å². The quantitative estimate of drug-likeness (QED) is 0.773. The van der Waals surface area contributed by atoms with Crippen LogP contribution in [0.4, 0.5) is 26.3 Å². The molecule has 1 saturated carbocycles. The van der Waals surface area contributed by atoms with E-state index in [1.165, 1.54) is 0 Å². The first kappa shape index (κ1) is 15.2. The summed E-state index contributed by atoms with van der Waals surface area (Å²) in [4.78, 5) is 0. The largest absolute Gasteiger partial charge is 0.416 e. The van der Waals surface area contributed by atoms with Gasteiger partial charge in [-0.15, -0.1) is 0 Å². The average molecular weight is 297 g/mol. The van der Waals surface area contributed by atoms with Gasteiger partial charge in [-0.05, 0) is 42.0 Å². The van der Waals surface area contributed by atoms with Gasteiger partial charge in [0.1, 0.15) is 0 Å². The predicted molar refractivity (Wildman–Crippen MR) is 60.9 cm³/mol. The number of hydrogen-bond donors (Lipinski definition) is 1. The van der Waals surface area contributed by atoms with E-state index in [9.17, 15) is 26.3 Å². The van der Waals surface area contributed by atoms with Crippen LogP contribution in [0.25, 0.3) is 0 Å². The van der Waals surface area contributed by atoms with E-state index in [1.54, 1.807) is 6.92 Å². The summed E-state index contributed by atoms with van der Waals surface area (Å²) in [5.41, 5.74) is 3.17. The summed E-state index contributed by atoms with van der Waals surface area (Å²) in [5, 5.41) is 0. The lowest BCUT2D eigenvalue weighted by molar-refractivity contribution is -0.143. The SMILES string of the molecule is CC1C(N)CC1c1cc(C(F)(F)F)cc(C(F)(F)F)c1. The van der Waals surface area contributed by atoms with Crippen molar-refractivity contribution < 1.29 is 26.3 Å². The van der Waals surface area contributed by atoms with E-state index in [-0.39, 0.29) is 29.5 Å². The Kier molecular flexibility index (Phi) is 3.52.